The Hall–Kier alpha value is -0.630. The van der Waals surface area contributed by atoms with Crippen molar-refractivity contribution in [2.45, 2.75) is 24.8 Å². The quantitative estimate of drug-likeness (QED) is 0.804. The lowest BCUT2D eigenvalue weighted by Crippen LogP contribution is -2.27. The molecule has 1 aromatic carbocycles. The third kappa shape index (κ3) is 3.52. The largest absolute Gasteiger partial charge is 0.465 e. The van der Waals surface area contributed by atoms with E-state index in [1.165, 1.54) is 6.07 Å². The molecule has 108 valence electrons. The maximum Gasteiger partial charge on any atom is 0.242 e. The standard InChI is InChI=1S/C13H13Br2NO3S/c1-8-3-5-12(19-8)9(2)16-20(17,18)13-6-4-10(14)7-11(13)15/h3-7,9,16H,1-2H3. The Morgan fingerprint density at radius 1 is 1.20 bits per heavy atom. The van der Waals surface area contributed by atoms with Crippen molar-refractivity contribution in [3.63, 3.8) is 0 Å². The first-order valence-corrected chi connectivity index (χ1v) is 8.90. The summed E-state index contributed by atoms with van der Waals surface area (Å²) in [6, 6.07) is 8.03. The molecule has 0 aliphatic rings. The van der Waals surface area contributed by atoms with E-state index in [1.54, 1.807) is 31.2 Å². The Morgan fingerprint density at radius 2 is 1.90 bits per heavy atom. The van der Waals surface area contributed by atoms with Gasteiger partial charge in [-0.05, 0) is 60.1 Å². The van der Waals surface area contributed by atoms with Crippen molar-refractivity contribution in [1.29, 1.82) is 0 Å². The fraction of sp³-hybridized carbons (Fsp3) is 0.231. The van der Waals surface area contributed by atoms with Gasteiger partial charge in [0.15, 0.2) is 0 Å². The molecule has 0 saturated carbocycles. The SMILES string of the molecule is Cc1ccc(C(C)NS(=O)(=O)c2ccc(Br)cc2Br)o1. The summed E-state index contributed by atoms with van der Waals surface area (Å²) in [4.78, 5) is 0.191. The maximum absolute atomic E-state index is 12.4. The Bertz CT molecular complexity index is 725. The van der Waals surface area contributed by atoms with Gasteiger partial charge >= 0.3 is 0 Å². The molecule has 0 radical (unpaired) electrons. The van der Waals surface area contributed by atoms with Crippen LogP contribution in [0.2, 0.25) is 0 Å². The molecule has 0 saturated heterocycles. The molecule has 20 heavy (non-hydrogen) atoms. The minimum Gasteiger partial charge on any atom is -0.465 e. The monoisotopic (exact) mass is 421 g/mol. The van der Waals surface area contributed by atoms with Crippen molar-refractivity contribution in [3.05, 3.63) is 50.8 Å². The molecule has 1 unspecified atom stereocenters. The molecule has 1 heterocycles. The molecule has 2 rings (SSSR count). The van der Waals surface area contributed by atoms with E-state index in [1.807, 2.05) is 6.92 Å². The molecule has 0 aliphatic carbocycles. The summed E-state index contributed by atoms with van der Waals surface area (Å²) in [5.41, 5.74) is 0. The molecule has 1 N–H and O–H groups in total. The smallest absolute Gasteiger partial charge is 0.242 e. The predicted octanol–water partition coefficient (Wildman–Crippen LogP) is 4.15. The van der Waals surface area contributed by atoms with Crippen LogP contribution in [0.3, 0.4) is 0 Å². The van der Waals surface area contributed by atoms with Crippen molar-refractivity contribution in [2.24, 2.45) is 0 Å². The van der Waals surface area contributed by atoms with E-state index in [4.69, 9.17) is 4.42 Å². The lowest BCUT2D eigenvalue weighted by atomic mass is 10.3. The summed E-state index contributed by atoms with van der Waals surface area (Å²) in [6.45, 7) is 3.55. The highest BCUT2D eigenvalue weighted by Gasteiger charge is 2.22. The molecule has 0 spiro atoms. The molecule has 7 heteroatoms. The molecule has 0 bridgehead atoms. The van der Waals surface area contributed by atoms with Crippen LogP contribution in [0.15, 0.2) is 48.6 Å². The molecular formula is C13H13Br2NO3S. The van der Waals surface area contributed by atoms with Crippen LogP contribution >= 0.6 is 31.9 Å². The highest BCUT2D eigenvalue weighted by Crippen LogP contribution is 2.27. The van der Waals surface area contributed by atoms with Crippen molar-refractivity contribution < 1.29 is 12.8 Å². The first kappa shape index (κ1) is 15.8. The normalized spacial score (nSPS) is 13.4. The van der Waals surface area contributed by atoms with E-state index >= 15 is 0 Å². The van der Waals surface area contributed by atoms with Crippen LogP contribution in [-0.2, 0) is 10.0 Å². The number of furan rings is 1. The van der Waals surface area contributed by atoms with E-state index in [0.29, 0.717) is 10.2 Å². The Balaban J connectivity index is 2.27. The lowest BCUT2D eigenvalue weighted by molar-refractivity contribution is 0.441. The molecular weight excluding hydrogens is 410 g/mol. The van der Waals surface area contributed by atoms with Gasteiger partial charge in [-0.3, -0.25) is 0 Å². The number of nitrogens with one attached hydrogen (secondary N) is 1. The van der Waals surface area contributed by atoms with Crippen LogP contribution in [0.5, 0.6) is 0 Å². The number of sulfonamides is 1. The van der Waals surface area contributed by atoms with Crippen LogP contribution < -0.4 is 4.72 Å². The lowest BCUT2D eigenvalue weighted by Gasteiger charge is -2.13. The summed E-state index contributed by atoms with van der Waals surface area (Å²) in [5.74, 6) is 1.33. The predicted molar refractivity (Wildman–Crippen MR) is 84.0 cm³/mol. The van der Waals surface area contributed by atoms with Gasteiger partial charge in [-0.15, -0.1) is 0 Å². The molecule has 2 aromatic rings. The zero-order chi connectivity index (χ0) is 14.9. The average Bonchev–Trinajstić information content (AvgIpc) is 2.74. The first-order valence-electron chi connectivity index (χ1n) is 5.83. The number of hydrogen-bond acceptors (Lipinski definition) is 3. The number of hydrogen-bond donors (Lipinski definition) is 1. The molecule has 4 nitrogen and oxygen atoms in total. The molecule has 0 aliphatic heterocycles. The van der Waals surface area contributed by atoms with Crippen LogP contribution in [0.4, 0.5) is 0 Å². The van der Waals surface area contributed by atoms with E-state index < -0.39 is 16.1 Å². The van der Waals surface area contributed by atoms with Crippen molar-refractivity contribution in [1.82, 2.24) is 4.72 Å². The summed E-state index contributed by atoms with van der Waals surface area (Å²) < 4.78 is 34.0. The van der Waals surface area contributed by atoms with Gasteiger partial charge < -0.3 is 4.42 Å². The van der Waals surface area contributed by atoms with Gasteiger partial charge in [0.2, 0.25) is 10.0 Å². The van der Waals surface area contributed by atoms with E-state index in [2.05, 4.69) is 36.6 Å². The topological polar surface area (TPSA) is 59.3 Å². The van der Waals surface area contributed by atoms with Crippen molar-refractivity contribution >= 4 is 41.9 Å². The number of halogens is 2. The number of benzene rings is 1. The molecule has 0 fully saturated rings. The fourth-order valence-corrected chi connectivity index (χ4v) is 4.69. The minimum atomic E-state index is -3.62. The van der Waals surface area contributed by atoms with Crippen LogP contribution in [-0.4, -0.2) is 8.42 Å². The van der Waals surface area contributed by atoms with E-state index in [0.717, 1.165) is 10.2 Å². The second-order valence-electron chi connectivity index (χ2n) is 4.37. The number of rotatable bonds is 4. The zero-order valence-electron chi connectivity index (χ0n) is 10.9. The second-order valence-corrected chi connectivity index (χ2v) is 7.82. The van der Waals surface area contributed by atoms with E-state index in [9.17, 15) is 8.42 Å². The van der Waals surface area contributed by atoms with Gasteiger partial charge in [0.05, 0.1) is 10.9 Å². The van der Waals surface area contributed by atoms with Gasteiger partial charge in [0, 0.05) is 8.95 Å². The molecule has 0 amide bonds. The van der Waals surface area contributed by atoms with Gasteiger partial charge in [-0.25, -0.2) is 13.1 Å². The Morgan fingerprint density at radius 3 is 2.45 bits per heavy atom. The van der Waals surface area contributed by atoms with Gasteiger partial charge in [0.1, 0.15) is 11.5 Å². The highest BCUT2D eigenvalue weighted by atomic mass is 79.9. The van der Waals surface area contributed by atoms with Crippen LogP contribution in [0, 0.1) is 6.92 Å². The van der Waals surface area contributed by atoms with Gasteiger partial charge in [0.25, 0.3) is 0 Å². The zero-order valence-corrected chi connectivity index (χ0v) is 14.8. The minimum absolute atomic E-state index is 0.191. The van der Waals surface area contributed by atoms with E-state index in [-0.39, 0.29) is 4.90 Å². The highest BCUT2D eigenvalue weighted by molar-refractivity contribution is 9.11. The Kier molecular flexibility index (Phi) is 4.73. The molecule has 1 aromatic heterocycles. The number of aryl methyl sites for hydroxylation is 1. The summed E-state index contributed by atoms with van der Waals surface area (Å²) in [5, 5.41) is 0. The fourth-order valence-electron chi connectivity index (χ4n) is 1.73. The average molecular weight is 423 g/mol. The molecule has 1 atom stereocenters. The first-order chi connectivity index (χ1) is 9.29. The van der Waals surface area contributed by atoms with Crippen LogP contribution in [0.1, 0.15) is 24.5 Å². The van der Waals surface area contributed by atoms with Crippen molar-refractivity contribution in [3.8, 4) is 0 Å². The summed E-state index contributed by atoms with van der Waals surface area (Å²) in [7, 11) is -3.62. The van der Waals surface area contributed by atoms with Crippen molar-refractivity contribution in [2.75, 3.05) is 0 Å². The third-order valence-corrected chi connectivity index (χ3v) is 5.71. The second kappa shape index (κ2) is 6.01. The summed E-state index contributed by atoms with van der Waals surface area (Å²) in [6.07, 6.45) is 0. The van der Waals surface area contributed by atoms with Crippen LogP contribution in [0.25, 0.3) is 0 Å². The maximum atomic E-state index is 12.4. The van der Waals surface area contributed by atoms with Gasteiger partial charge in [-0.2, -0.15) is 0 Å². The van der Waals surface area contributed by atoms with Gasteiger partial charge in [-0.1, -0.05) is 15.9 Å². The Labute approximate surface area is 134 Å². The summed E-state index contributed by atoms with van der Waals surface area (Å²) >= 11 is 6.55. The third-order valence-electron chi connectivity index (χ3n) is 2.70.